The molecule has 0 radical (unpaired) electrons. The number of carboxylic acids is 1. The standard InChI is InChI=1S/C14H16N2O3/c1-14(2,3)9-6-4-5-7-10(9)15-13-16-11(8-19-13)12(17)18/h4-8H,1-3H3,(H,15,16)(H,17,18). The minimum Gasteiger partial charge on any atom is -0.476 e. The molecule has 0 aliphatic heterocycles. The quantitative estimate of drug-likeness (QED) is 0.884. The molecular weight excluding hydrogens is 244 g/mol. The van der Waals surface area contributed by atoms with E-state index >= 15 is 0 Å². The van der Waals surface area contributed by atoms with Crippen molar-refractivity contribution in [3.05, 3.63) is 41.8 Å². The summed E-state index contributed by atoms with van der Waals surface area (Å²) < 4.78 is 5.09. The summed E-state index contributed by atoms with van der Waals surface area (Å²) in [5.41, 5.74) is 1.81. The molecule has 0 fully saturated rings. The molecule has 1 aromatic carbocycles. The van der Waals surface area contributed by atoms with Crippen molar-refractivity contribution in [3.63, 3.8) is 0 Å². The largest absolute Gasteiger partial charge is 0.476 e. The molecule has 0 aliphatic carbocycles. The van der Waals surface area contributed by atoms with Crippen molar-refractivity contribution >= 4 is 17.7 Å². The Morgan fingerprint density at radius 1 is 1.32 bits per heavy atom. The average molecular weight is 260 g/mol. The fourth-order valence-corrected chi connectivity index (χ4v) is 1.79. The number of rotatable bonds is 3. The van der Waals surface area contributed by atoms with Crippen LogP contribution in [0.2, 0.25) is 0 Å². The lowest BCUT2D eigenvalue weighted by Gasteiger charge is -2.22. The third kappa shape index (κ3) is 2.93. The average Bonchev–Trinajstić information content (AvgIpc) is 2.77. The second-order valence-corrected chi connectivity index (χ2v) is 5.26. The number of anilines is 2. The van der Waals surface area contributed by atoms with Gasteiger partial charge in [-0.1, -0.05) is 39.0 Å². The van der Waals surface area contributed by atoms with Gasteiger partial charge < -0.3 is 14.8 Å². The van der Waals surface area contributed by atoms with E-state index in [1.807, 2.05) is 24.3 Å². The normalized spacial score (nSPS) is 11.3. The minimum atomic E-state index is -1.11. The van der Waals surface area contributed by atoms with Crippen LogP contribution in [0, 0.1) is 0 Å². The second-order valence-electron chi connectivity index (χ2n) is 5.26. The molecule has 0 amide bonds. The summed E-state index contributed by atoms with van der Waals surface area (Å²) in [5, 5.41) is 11.8. The number of benzene rings is 1. The van der Waals surface area contributed by atoms with Crippen LogP contribution in [0.15, 0.2) is 34.9 Å². The van der Waals surface area contributed by atoms with Crippen LogP contribution in [-0.4, -0.2) is 16.1 Å². The van der Waals surface area contributed by atoms with E-state index in [-0.39, 0.29) is 17.1 Å². The Balaban J connectivity index is 2.30. The van der Waals surface area contributed by atoms with E-state index in [4.69, 9.17) is 9.52 Å². The van der Waals surface area contributed by atoms with Gasteiger partial charge in [-0.05, 0) is 17.0 Å². The van der Waals surface area contributed by atoms with Gasteiger partial charge in [-0.15, -0.1) is 0 Å². The van der Waals surface area contributed by atoms with Crippen LogP contribution in [0.3, 0.4) is 0 Å². The van der Waals surface area contributed by atoms with Gasteiger partial charge in [0, 0.05) is 5.69 Å². The molecule has 0 spiro atoms. The summed E-state index contributed by atoms with van der Waals surface area (Å²) in [6, 6.07) is 7.96. The van der Waals surface area contributed by atoms with Gasteiger partial charge >= 0.3 is 5.97 Å². The molecule has 2 N–H and O–H groups in total. The first kappa shape index (κ1) is 13.1. The first-order valence-electron chi connectivity index (χ1n) is 5.93. The maximum atomic E-state index is 10.7. The van der Waals surface area contributed by atoms with Gasteiger partial charge in [-0.3, -0.25) is 0 Å². The topological polar surface area (TPSA) is 75.4 Å². The number of aromatic carboxylic acids is 1. The number of carboxylic acid groups (broad SMARTS) is 1. The van der Waals surface area contributed by atoms with Crippen LogP contribution in [0.25, 0.3) is 0 Å². The molecule has 0 saturated carbocycles. The summed E-state index contributed by atoms with van der Waals surface area (Å²) in [6.45, 7) is 6.31. The van der Waals surface area contributed by atoms with Crippen LogP contribution in [0.5, 0.6) is 0 Å². The van der Waals surface area contributed by atoms with Crippen LogP contribution >= 0.6 is 0 Å². The van der Waals surface area contributed by atoms with E-state index in [1.165, 1.54) is 0 Å². The summed E-state index contributed by atoms with van der Waals surface area (Å²) in [5.74, 6) is -1.11. The fourth-order valence-electron chi connectivity index (χ4n) is 1.79. The lowest BCUT2D eigenvalue weighted by molar-refractivity contribution is 0.0690. The Bertz CT molecular complexity index is 597. The predicted octanol–water partition coefficient (Wildman–Crippen LogP) is 3.41. The van der Waals surface area contributed by atoms with E-state index in [0.29, 0.717) is 0 Å². The number of para-hydroxylation sites is 1. The van der Waals surface area contributed by atoms with Crippen molar-refractivity contribution < 1.29 is 14.3 Å². The highest BCUT2D eigenvalue weighted by atomic mass is 16.4. The van der Waals surface area contributed by atoms with Gasteiger partial charge in [0.05, 0.1) is 0 Å². The zero-order valence-electron chi connectivity index (χ0n) is 11.1. The van der Waals surface area contributed by atoms with Gasteiger partial charge in [-0.2, -0.15) is 4.98 Å². The number of carbonyl (C=O) groups is 1. The monoisotopic (exact) mass is 260 g/mol. The number of nitrogens with one attached hydrogen (secondary N) is 1. The molecule has 100 valence electrons. The Labute approximate surface area is 111 Å². The molecule has 5 heteroatoms. The number of aromatic nitrogens is 1. The predicted molar refractivity (Wildman–Crippen MR) is 71.9 cm³/mol. The van der Waals surface area contributed by atoms with Gasteiger partial charge in [0.1, 0.15) is 6.26 Å². The summed E-state index contributed by atoms with van der Waals surface area (Å²) in [6.07, 6.45) is 1.12. The van der Waals surface area contributed by atoms with E-state index in [9.17, 15) is 4.79 Å². The Morgan fingerprint density at radius 2 is 2.00 bits per heavy atom. The second kappa shape index (κ2) is 4.76. The molecule has 0 aliphatic rings. The van der Waals surface area contributed by atoms with Crippen LogP contribution in [0.4, 0.5) is 11.7 Å². The lowest BCUT2D eigenvalue weighted by Crippen LogP contribution is -2.13. The number of hydrogen-bond donors (Lipinski definition) is 2. The highest BCUT2D eigenvalue weighted by Gasteiger charge is 2.18. The van der Waals surface area contributed by atoms with Crippen LogP contribution in [0.1, 0.15) is 36.8 Å². The van der Waals surface area contributed by atoms with Gasteiger partial charge in [-0.25, -0.2) is 4.79 Å². The third-order valence-electron chi connectivity index (χ3n) is 2.70. The molecule has 1 heterocycles. The number of hydrogen-bond acceptors (Lipinski definition) is 4. The van der Waals surface area contributed by atoms with E-state index in [2.05, 4.69) is 31.1 Å². The Kier molecular flexibility index (Phi) is 3.29. The SMILES string of the molecule is CC(C)(C)c1ccccc1Nc1nc(C(=O)O)co1. The van der Waals surface area contributed by atoms with Crippen LogP contribution < -0.4 is 5.32 Å². The van der Waals surface area contributed by atoms with Gasteiger partial charge in [0.25, 0.3) is 6.01 Å². The summed E-state index contributed by atoms with van der Waals surface area (Å²) in [7, 11) is 0. The third-order valence-corrected chi connectivity index (χ3v) is 2.70. The van der Waals surface area contributed by atoms with E-state index in [1.54, 1.807) is 0 Å². The van der Waals surface area contributed by atoms with Crippen molar-refractivity contribution in [2.45, 2.75) is 26.2 Å². The molecule has 5 nitrogen and oxygen atoms in total. The van der Waals surface area contributed by atoms with Gasteiger partial charge in [0.15, 0.2) is 5.69 Å². The summed E-state index contributed by atoms with van der Waals surface area (Å²) >= 11 is 0. The van der Waals surface area contributed by atoms with Crippen molar-refractivity contribution in [2.75, 3.05) is 5.32 Å². The molecule has 0 atom stereocenters. The van der Waals surface area contributed by atoms with Crippen molar-refractivity contribution in [2.24, 2.45) is 0 Å². The number of nitrogens with zero attached hydrogens (tertiary/aromatic N) is 1. The molecule has 2 rings (SSSR count). The molecule has 19 heavy (non-hydrogen) atoms. The molecule has 1 aromatic heterocycles. The van der Waals surface area contributed by atoms with Crippen molar-refractivity contribution in [1.82, 2.24) is 4.98 Å². The lowest BCUT2D eigenvalue weighted by atomic mass is 9.86. The first-order chi connectivity index (χ1) is 8.88. The Hall–Kier alpha value is -2.30. The molecule has 0 saturated heterocycles. The maximum absolute atomic E-state index is 10.7. The maximum Gasteiger partial charge on any atom is 0.357 e. The zero-order chi connectivity index (χ0) is 14.0. The molecule has 0 unspecified atom stereocenters. The minimum absolute atomic E-state index is 0.0359. The Morgan fingerprint density at radius 3 is 2.58 bits per heavy atom. The van der Waals surface area contributed by atoms with E-state index < -0.39 is 5.97 Å². The molecule has 2 aromatic rings. The molecular formula is C14H16N2O3. The van der Waals surface area contributed by atoms with E-state index in [0.717, 1.165) is 17.5 Å². The summed E-state index contributed by atoms with van der Waals surface area (Å²) in [4.78, 5) is 14.6. The van der Waals surface area contributed by atoms with Gasteiger partial charge in [0.2, 0.25) is 0 Å². The zero-order valence-corrected chi connectivity index (χ0v) is 11.1. The number of oxazole rings is 1. The molecule has 0 bridgehead atoms. The highest BCUT2D eigenvalue weighted by Crippen LogP contribution is 2.30. The van der Waals surface area contributed by atoms with Crippen molar-refractivity contribution in [1.29, 1.82) is 0 Å². The smallest absolute Gasteiger partial charge is 0.357 e. The highest BCUT2D eigenvalue weighted by molar-refractivity contribution is 5.85. The fraction of sp³-hybridized carbons (Fsp3) is 0.286. The van der Waals surface area contributed by atoms with Crippen molar-refractivity contribution in [3.8, 4) is 0 Å². The van der Waals surface area contributed by atoms with Crippen LogP contribution in [-0.2, 0) is 5.41 Å². The first-order valence-corrected chi connectivity index (χ1v) is 5.93.